The normalized spacial score (nSPS) is 20.7. The van der Waals surface area contributed by atoms with Gasteiger partial charge in [0.15, 0.2) is 0 Å². The SMILES string of the molecule is CN1C(=O)CN(S(C)(=O)=O)C[C@]1(C)C(=O)NCC(=O)NCc1ccc(Cl)cc1. The van der Waals surface area contributed by atoms with Crippen LogP contribution in [0.2, 0.25) is 5.02 Å². The van der Waals surface area contributed by atoms with Crippen LogP contribution in [0.5, 0.6) is 0 Å². The van der Waals surface area contributed by atoms with Gasteiger partial charge in [-0.15, -0.1) is 0 Å². The zero-order chi connectivity index (χ0) is 21.1. The number of sulfonamides is 1. The molecule has 1 saturated heterocycles. The smallest absolute Gasteiger partial charge is 0.247 e. The lowest BCUT2D eigenvalue weighted by molar-refractivity contribution is -0.150. The topological polar surface area (TPSA) is 116 Å². The molecule has 0 aromatic heterocycles. The van der Waals surface area contributed by atoms with Crippen molar-refractivity contribution < 1.29 is 22.8 Å². The summed E-state index contributed by atoms with van der Waals surface area (Å²) in [4.78, 5) is 38.0. The lowest BCUT2D eigenvalue weighted by Crippen LogP contribution is -2.68. The zero-order valence-corrected chi connectivity index (χ0v) is 17.4. The monoisotopic (exact) mass is 430 g/mol. The molecule has 1 aromatic rings. The third-order valence-electron chi connectivity index (χ3n) is 4.68. The minimum Gasteiger partial charge on any atom is -0.350 e. The Morgan fingerprint density at radius 1 is 1.21 bits per heavy atom. The van der Waals surface area contributed by atoms with E-state index < -0.39 is 33.3 Å². The second kappa shape index (κ2) is 8.46. The number of halogens is 1. The van der Waals surface area contributed by atoms with E-state index in [-0.39, 0.29) is 26.2 Å². The Balaban J connectivity index is 1.95. The molecule has 1 heterocycles. The largest absolute Gasteiger partial charge is 0.350 e. The van der Waals surface area contributed by atoms with Crippen LogP contribution < -0.4 is 10.6 Å². The van der Waals surface area contributed by atoms with Gasteiger partial charge in [0.1, 0.15) is 5.54 Å². The van der Waals surface area contributed by atoms with Gasteiger partial charge in [-0.3, -0.25) is 14.4 Å². The first-order valence-electron chi connectivity index (χ1n) is 8.45. The van der Waals surface area contributed by atoms with Gasteiger partial charge in [0.2, 0.25) is 27.7 Å². The average molecular weight is 431 g/mol. The van der Waals surface area contributed by atoms with Crippen molar-refractivity contribution in [2.24, 2.45) is 0 Å². The van der Waals surface area contributed by atoms with Crippen LogP contribution in [0.15, 0.2) is 24.3 Å². The zero-order valence-electron chi connectivity index (χ0n) is 15.9. The summed E-state index contributed by atoms with van der Waals surface area (Å²) in [7, 11) is -2.21. The van der Waals surface area contributed by atoms with Crippen LogP contribution in [0.1, 0.15) is 12.5 Å². The Bertz CT molecular complexity index is 874. The molecule has 1 aliphatic rings. The molecule has 9 nitrogen and oxygen atoms in total. The van der Waals surface area contributed by atoms with Gasteiger partial charge in [-0.1, -0.05) is 23.7 Å². The molecule has 0 saturated carbocycles. The first-order valence-corrected chi connectivity index (χ1v) is 10.7. The second-order valence-electron chi connectivity index (χ2n) is 6.84. The highest BCUT2D eigenvalue weighted by Crippen LogP contribution is 2.22. The summed E-state index contributed by atoms with van der Waals surface area (Å²) >= 11 is 5.80. The van der Waals surface area contributed by atoms with E-state index in [1.54, 1.807) is 24.3 Å². The van der Waals surface area contributed by atoms with Crippen LogP contribution in [0.4, 0.5) is 0 Å². The van der Waals surface area contributed by atoms with Gasteiger partial charge in [-0.05, 0) is 24.6 Å². The molecular formula is C17H23ClN4O5S. The van der Waals surface area contributed by atoms with Crippen LogP contribution in [-0.4, -0.2) is 73.8 Å². The van der Waals surface area contributed by atoms with Gasteiger partial charge in [-0.2, -0.15) is 4.31 Å². The quantitative estimate of drug-likeness (QED) is 0.635. The molecule has 0 bridgehead atoms. The molecule has 1 aliphatic heterocycles. The minimum atomic E-state index is -3.64. The molecule has 0 unspecified atom stereocenters. The van der Waals surface area contributed by atoms with Gasteiger partial charge in [-0.25, -0.2) is 8.42 Å². The van der Waals surface area contributed by atoms with Crippen molar-refractivity contribution in [3.63, 3.8) is 0 Å². The van der Waals surface area contributed by atoms with E-state index in [1.807, 2.05) is 0 Å². The second-order valence-corrected chi connectivity index (χ2v) is 9.26. The molecular weight excluding hydrogens is 408 g/mol. The fraction of sp³-hybridized carbons (Fsp3) is 0.471. The predicted molar refractivity (Wildman–Crippen MR) is 104 cm³/mol. The van der Waals surface area contributed by atoms with Crippen molar-refractivity contribution in [2.45, 2.75) is 19.0 Å². The molecule has 28 heavy (non-hydrogen) atoms. The Hall–Kier alpha value is -2.17. The summed E-state index contributed by atoms with van der Waals surface area (Å²) in [5.74, 6) is -1.53. The van der Waals surface area contributed by atoms with Gasteiger partial charge in [0, 0.05) is 25.2 Å². The van der Waals surface area contributed by atoms with E-state index in [2.05, 4.69) is 10.6 Å². The van der Waals surface area contributed by atoms with E-state index in [1.165, 1.54) is 18.9 Å². The summed E-state index contributed by atoms with van der Waals surface area (Å²) in [6, 6.07) is 6.94. The highest BCUT2D eigenvalue weighted by Gasteiger charge is 2.47. The van der Waals surface area contributed by atoms with Gasteiger partial charge in [0.25, 0.3) is 0 Å². The third kappa shape index (κ3) is 5.21. The van der Waals surface area contributed by atoms with Crippen molar-refractivity contribution in [3.05, 3.63) is 34.9 Å². The summed E-state index contributed by atoms with van der Waals surface area (Å²) in [5.41, 5.74) is -0.577. The molecule has 1 fully saturated rings. The van der Waals surface area contributed by atoms with E-state index >= 15 is 0 Å². The van der Waals surface area contributed by atoms with E-state index in [9.17, 15) is 22.8 Å². The lowest BCUT2D eigenvalue weighted by atomic mass is 9.96. The predicted octanol–water partition coefficient (Wildman–Crippen LogP) is -0.435. The Morgan fingerprint density at radius 2 is 1.82 bits per heavy atom. The van der Waals surface area contributed by atoms with Gasteiger partial charge < -0.3 is 15.5 Å². The Morgan fingerprint density at radius 3 is 2.39 bits per heavy atom. The molecule has 2 rings (SSSR count). The molecule has 2 N–H and O–H groups in total. The lowest BCUT2D eigenvalue weighted by Gasteiger charge is -2.44. The van der Waals surface area contributed by atoms with E-state index in [0.717, 1.165) is 16.1 Å². The number of piperazine rings is 1. The van der Waals surface area contributed by atoms with Gasteiger partial charge >= 0.3 is 0 Å². The Labute approximate surface area is 169 Å². The number of carbonyl (C=O) groups excluding carboxylic acids is 3. The third-order valence-corrected chi connectivity index (χ3v) is 6.13. The number of rotatable bonds is 6. The first kappa shape index (κ1) is 22.1. The minimum absolute atomic E-state index is 0.188. The fourth-order valence-corrected chi connectivity index (χ4v) is 3.67. The van der Waals surface area contributed by atoms with Crippen molar-refractivity contribution in [1.82, 2.24) is 19.8 Å². The molecule has 1 atom stereocenters. The number of hydrogen-bond acceptors (Lipinski definition) is 5. The number of carbonyl (C=O) groups is 3. The van der Waals surface area contributed by atoms with Crippen LogP contribution in [0.25, 0.3) is 0 Å². The van der Waals surface area contributed by atoms with Gasteiger partial charge in [0.05, 0.1) is 19.3 Å². The highest BCUT2D eigenvalue weighted by atomic mass is 35.5. The number of hydrogen-bond donors (Lipinski definition) is 2. The maximum absolute atomic E-state index is 12.6. The number of nitrogens with one attached hydrogen (secondary N) is 2. The van der Waals surface area contributed by atoms with Crippen LogP contribution in [0, 0.1) is 0 Å². The van der Waals surface area contributed by atoms with Crippen molar-refractivity contribution in [3.8, 4) is 0 Å². The molecule has 0 aliphatic carbocycles. The number of benzene rings is 1. The number of nitrogens with zero attached hydrogens (tertiary/aromatic N) is 2. The maximum Gasteiger partial charge on any atom is 0.247 e. The average Bonchev–Trinajstić information content (AvgIpc) is 2.62. The fourth-order valence-electron chi connectivity index (χ4n) is 2.71. The standard InChI is InChI=1S/C17H23ClN4O5S/c1-17(11-22(28(3,26)27)10-15(24)21(17)2)16(25)20-9-14(23)19-8-12-4-6-13(18)7-5-12/h4-7H,8-11H2,1-3H3,(H,19,23)(H,20,25)/t17-/m1/s1. The molecule has 3 amide bonds. The van der Waals surface area contributed by atoms with E-state index in [0.29, 0.717) is 5.02 Å². The first-order chi connectivity index (χ1) is 12.9. The van der Waals surface area contributed by atoms with E-state index in [4.69, 9.17) is 11.6 Å². The highest BCUT2D eigenvalue weighted by molar-refractivity contribution is 7.88. The number of amides is 3. The van der Waals surface area contributed by atoms with Crippen LogP contribution >= 0.6 is 11.6 Å². The molecule has 1 aromatic carbocycles. The summed E-state index contributed by atoms with van der Waals surface area (Å²) in [6.07, 6.45) is 0.980. The molecule has 154 valence electrons. The summed E-state index contributed by atoms with van der Waals surface area (Å²) in [5, 5.41) is 5.72. The van der Waals surface area contributed by atoms with Crippen molar-refractivity contribution in [2.75, 3.05) is 32.9 Å². The van der Waals surface area contributed by atoms with Crippen LogP contribution in [-0.2, 0) is 31.0 Å². The molecule has 11 heteroatoms. The maximum atomic E-state index is 12.6. The summed E-state index contributed by atoms with van der Waals surface area (Å²) < 4.78 is 24.6. The van der Waals surface area contributed by atoms with Crippen molar-refractivity contribution >= 4 is 39.3 Å². The van der Waals surface area contributed by atoms with Crippen LogP contribution in [0.3, 0.4) is 0 Å². The van der Waals surface area contributed by atoms with Crippen molar-refractivity contribution in [1.29, 1.82) is 0 Å². The Kier molecular flexibility index (Phi) is 6.68. The number of likely N-dealkylation sites (N-methyl/N-ethyl adjacent to an activating group) is 1. The molecule has 0 spiro atoms. The summed E-state index contributed by atoms with van der Waals surface area (Å²) in [6.45, 7) is 0.918. The molecule has 0 radical (unpaired) electrons.